The Morgan fingerprint density at radius 3 is 2.05 bits per heavy atom. The van der Waals surface area contributed by atoms with Crippen LogP contribution in [-0.2, 0) is 6.42 Å². The van der Waals surface area contributed by atoms with E-state index in [-0.39, 0.29) is 0 Å². The number of benzene rings is 1. The van der Waals surface area contributed by atoms with Crippen LogP contribution >= 0.6 is 0 Å². The predicted molar refractivity (Wildman–Crippen MR) is 83.3 cm³/mol. The highest BCUT2D eigenvalue weighted by atomic mass is 14.9. The Balaban J connectivity index is 0.000000573. The maximum atomic E-state index is 4.36. The molecule has 0 aliphatic heterocycles. The molecule has 1 aromatic carbocycles. The number of hydrogen-bond acceptors (Lipinski definition) is 2. The fourth-order valence-corrected chi connectivity index (χ4v) is 1.36. The molecule has 1 heterocycles. The summed E-state index contributed by atoms with van der Waals surface area (Å²) in [5, 5.41) is 0. The van der Waals surface area contributed by atoms with Crippen LogP contribution in [0.15, 0.2) is 42.6 Å². The first kappa shape index (κ1) is 17.3. The molecule has 0 unspecified atom stereocenters. The molecule has 0 N–H and O–H groups in total. The van der Waals surface area contributed by atoms with Gasteiger partial charge in [-0.1, -0.05) is 64.4 Å². The van der Waals surface area contributed by atoms with Crippen LogP contribution in [0.25, 0.3) is 0 Å². The van der Waals surface area contributed by atoms with Crippen molar-refractivity contribution in [2.75, 3.05) is 0 Å². The number of aromatic nitrogens is 2. The molecule has 2 rings (SSSR count). The lowest BCUT2D eigenvalue weighted by Crippen LogP contribution is -1.96. The Hall–Kier alpha value is -1.70. The summed E-state index contributed by atoms with van der Waals surface area (Å²) in [6.45, 7) is 10.2. The van der Waals surface area contributed by atoms with Crippen LogP contribution in [0.1, 0.15) is 51.2 Å². The van der Waals surface area contributed by atoms with Gasteiger partial charge in [0, 0.05) is 18.3 Å². The molecule has 2 aromatic rings. The number of nitrogens with zero attached hydrogens (tertiary/aromatic N) is 2. The third kappa shape index (κ3) is 8.09. The largest absolute Gasteiger partial charge is 0.241 e. The van der Waals surface area contributed by atoms with Crippen LogP contribution in [0.2, 0.25) is 0 Å². The molecule has 0 aliphatic rings. The molecule has 1 aromatic heterocycles. The van der Waals surface area contributed by atoms with Crippen LogP contribution in [0.3, 0.4) is 0 Å². The zero-order chi connectivity index (χ0) is 14.5. The molecule has 0 amide bonds. The highest BCUT2D eigenvalue weighted by Gasteiger charge is 1.97. The first-order valence-corrected chi connectivity index (χ1v) is 7.08. The van der Waals surface area contributed by atoms with E-state index in [1.165, 1.54) is 12.0 Å². The molecule has 0 fully saturated rings. The Labute approximate surface area is 117 Å². The normalized spacial score (nSPS) is 8.68. The summed E-state index contributed by atoms with van der Waals surface area (Å²) < 4.78 is 0. The Kier molecular flexibility index (Phi) is 10.4. The number of hydrogen-bond donors (Lipinski definition) is 0. The third-order valence-electron chi connectivity index (χ3n) is 2.05. The van der Waals surface area contributed by atoms with E-state index in [0.29, 0.717) is 0 Å². The van der Waals surface area contributed by atoms with E-state index in [1.54, 1.807) is 6.20 Å². The van der Waals surface area contributed by atoms with Crippen LogP contribution in [0.4, 0.5) is 0 Å². The quantitative estimate of drug-likeness (QED) is 0.772. The number of aryl methyl sites for hydroxylation is 1. The summed E-state index contributed by atoms with van der Waals surface area (Å²) >= 11 is 0. The topological polar surface area (TPSA) is 25.8 Å². The second-order valence-corrected chi connectivity index (χ2v) is 3.98. The van der Waals surface area contributed by atoms with Gasteiger partial charge in [-0.3, -0.25) is 0 Å². The van der Waals surface area contributed by atoms with Gasteiger partial charge in [-0.25, -0.2) is 9.97 Å². The average Bonchev–Trinajstić information content (AvgIpc) is 2.43. The minimum Gasteiger partial charge on any atom is -0.241 e. The van der Waals surface area contributed by atoms with Gasteiger partial charge >= 0.3 is 0 Å². The van der Waals surface area contributed by atoms with E-state index in [0.717, 1.165) is 17.9 Å². The SMILES string of the molecule is CC.CCC.Cc1ccnc(Cc2ccccc2)n1. The zero-order valence-corrected chi connectivity index (χ0v) is 12.9. The Bertz CT molecular complexity index is 424. The van der Waals surface area contributed by atoms with Gasteiger partial charge in [-0.15, -0.1) is 0 Å². The molecule has 19 heavy (non-hydrogen) atoms. The third-order valence-corrected chi connectivity index (χ3v) is 2.05. The smallest absolute Gasteiger partial charge is 0.132 e. The van der Waals surface area contributed by atoms with E-state index in [4.69, 9.17) is 0 Å². The highest BCUT2D eigenvalue weighted by Crippen LogP contribution is 2.04. The average molecular weight is 258 g/mol. The molecule has 0 bridgehead atoms. The predicted octanol–water partition coefficient (Wildman–Crippen LogP) is 4.82. The molecular weight excluding hydrogens is 232 g/mol. The molecule has 2 heteroatoms. The molecule has 104 valence electrons. The van der Waals surface area contributed by atoms with Crippen molar-refractivity contribution in [2.45, 2.75) is 47.5 Å². The maximum Gasteiger partial charge on any atom is 0.132 e. The van der Waals surface area contributed by atoms with E-state index in [2.05, 4.69) is 35.9 Å². The van der Waals surface area contributed by atoms with Crippen molar-refractivity contribution in [2.24, 2.45) is 0 Å². The molecule has 0 aliphatic carbocycles. The summed E-state index contributed by atoms with van der Waals surface area (Å²) in [5.74, 6) is 0.885. The van der Waals surface area contributed by atoms with Gasteiger partial charge in [0.1, 0.15) is 5.82 Å². The molecule has 0 saturated carbocycles. The van der Waals surface area contributed by atoms with Gasteiger partial charge in [0.15, 0.2) is 0 Å². The van der Waals surface area contributed by atoms with Crippen molar-refractivity contribution in [3.8, 4) is 0 Å². The zero-order valence-electron chi connectivity index (χ0n) is 12.9. The van der Waals surface area contributed by atoms with E-state index in [9.17, 15) is 0 Å². The minimum absolute atomic E-state index is 0.808. The van der Waals surface area contributed by atoms with E-state index < -0.39 is 0 Å². The van der Waals surface area contributed by atoms with Gasteiger partial charge in [-0.05, 0) is 18.6 Å². The summed E-state index contributed by atoms with van der Waals surface area (Å²) in [4.78, 5) is 8.58. The minimum atomic E-state index is 0.808. The van der Waals surface area contributed by atoms with Crippen LogP contribution in [0, 0.1) is 6.92 Å². The highest BCUT2D eigenvalue weighted by molar-refractivity contribution is 5.19. The van der Waals surface area contributed by atoms with E-state index in [1.807, 2.05) is 45.0 Å². The standard InChI is InChI=1S/C12H12N2.C3H8.C2H6/c1-10-7-8-13-12(14-10)9-11-5-3-2-4-6-11;1-3-2;1-2/h2-8H,9H2,1H3;3H2,1-2H3;1-2H3. The fourth-order valence-electron chi connectivity index (χ4n) is 1.36. The van der Waals surface area contributed by atoms with Crippen LogP contribution < -0.4 is 0 Å². The second kappa shape index (κ2) is 11.4. The van der Waals surface area contributed by atoms with Gasteiger partial charge < -0.3 is 0 Å². The van der Waals surface area contributed by atoms with Crippen molar-refractivity contribution in [3.05, 3.63) is 59.7 Å². The first-order valence-electron chi connectivity index (χ1n) is 7.08. The van der Waals surface area contributed by atoms with Gasteiger partial charge in [0.2, 0.25) is 0 Å². The number of rotatable bonds is 2. The van der Waals surface area contributed by atoms with Crippen LogP contribution in [0.5, 0.6) is 0 Å². The van der Waals surface area contributed by atoms with Crippen molar-refractivity contribution < 1.29 is 0 Å². The molecule has 2 nitrogen and oxygen atoms in total. The lowest BCUT2D eigenvalue weighted by molar-refractivity contribution is 0.942. The Morgan fingerprint density at radius 2 is 1.53 bits per heavy atom. The first-order chi connectivity index (χ1) is 9.26. The lowest BCUT2D eigenvalue weighted by Gasteiger charge is -2.00. The monoisotopic (exact) mass is 258 g/mol. The summed E-state index contributed by atoms with van der Waals surface area (Å²) in [6.07, 6.45) is 3.86. The van der Waals surface area contributed by atoms with Crippen molar-refractivity contribution in [1.29, 1.82) is 0 Å². The molecule has 0 saturated heterocycles. The summed E-state index contributed by atoms with van der Waals surface area (Å²) in [5.41, 5.74) is 2.27. The van der Waals surface area contributed by atoms with Crippen molar-refractivity contribution in [3.63, 3.8) is 0 Å². The second-order valence-electron chi connectivity index (χ2n) is 3.98. The summed E-state index contributed by atoms with van der Waals surface area (Å²) in [7, 11) is 0. The van der Waals surface area contributed by atoms with Crippen molar-refractivity contribution >= 4 is 0 Å². The van der Waals surface area contributed by atoms with Gasteiger partial charge in [-0.2, -0.15) is 0 Å². The molecule has 0 atom stereocenters. The molecule has 0 radical (unpaired) electrons. The van der Waals surface area contributed by atoms with Crippen LogP contribution in [-0.4, -0.2) is 9.97 Å². The summed E-state index contributed by atoms with van der Waals surface area (Å²) in [6, 6.07) is 12.2. The van der Waals surface area contributed by atoms with E-state index >= 15 is 0 Å². The van der Waals surface area contributed by atoms with Gasteiger partial charge in [0.25, 0.3) is 0 Å². The van der Waals surface area contributed by atoms with Gasteiger partial charge in [0.05, 0.1) is 0 Å². The maximum absolute atomic E-state index is 4.36. The molecular formula is C17H26N2. The fraction of sp³-hybridized carbons (Fsp3) is 0.412. The Morgan fingerprint density at radius 1 is 0.947 bits per heavy atom. The molecule has 0 spiro atoms. The lowest BCUT2D eigenvalue weighted by atomic mass is 10.1. The van der Waals surface area contributed by atoms with Crippen molar-refractivity contribution in [1.82, 2.24) is 9.97 Å².